The number of aryl methyl sites for hydroxylation is 2. The molecule has 1 aliphatic carbocycles. The van der Waals surface area contributed by atoms with E-state index in [0.29, 0.717) is 12.3 Å². The third kappa shape index (κ3) is 1.93. The van der Waals surface area contributed by atoms with Gasteiger partial charge in [-0.2, -0.15) is 5.10 Å². The highest BCUT2D eigenvalue weighted by molar-refractivity contribution is 9.10. The summed E-state index contributed by atoms with van der Waals surface area (Å²) in [5.74, 6) is 0.384. The van der Waals surface area contributed by atoms with Crippen LogP contribution >= 0.6 is 15.9 Å². The smallest absolute Gasteiger partial charge is 0.0738 e. The second kappa shape index (κ2) is 4.15. The number of aromatic nitrogens is 2. The Balaban J connectivity index is 2.26. The molecule has 0 radical (unpaired) electrons. The summed E-state index contributed by atoms with van der Waals surface area (Å²) in [6.07, 6.45) is 3.87. The van der Waals surface area contributed by atoms with Crippen LogP contribution in [0.15, 0.2) is 4.47 Å². The molecule has 0 bridgehead atoms. The quantitative estimate of drug-likeness (QED) is 0.908. The average Bonchev–Trinajstić information content (AvgIpc) is 2.64. The van der Waals surface area contributed by atoms with E-state index >= 15 is 0 Å². The monoisotopic (exact) mass is 286 g/mol. The Morgan fingerprint density at radius 2 is 2.31 bits per heavy atom. The van der Waals surface area contributed by atoms with E-state index in [0.717, 1.165) is 35.1 Å². The van der Waals surface area contributed by atoms with E-state index in [9.17, 15) is 5.11 Å². The minimum atomic E-state index is -0.539. The van der Waals surface area contributed by atoms with Gasteiger partial charge in [-0.05, 0) is 41.6 Å². The molecule has 1 aliphatic rings. The van der Waals surface area contributed by atoms with Crippen molar-refractivity contribution < 1.29 is 5.11 Å². The van der Waals surface area contributed by atoms with Crippen molar-refractivity contribution in [1.82, 2.24) is 9.78 Å². The summed E-state index contributed by atoms with van der Waals surface area (Å²) < 4.78 is 2.92. The van der Waals surface area contributed by atoms with Gasteiger partial charge in [0.2, 0.25) is 0 Å². The van der Waals surface area contributed by atoms with Crippen LogP contribution in [0.4, 0.5) is 0 Å². The van der Waals surface area contributed by atoms with Gasteiger partial charge in [-0.25, -0.2) is 0 Å². The van der Waals surface area contributed by atoms with E-state index in [1.807, 2.05) is 18.7 Å². The molecule has 16 heavy (non-hydrogen) atoms. The van der Waals surface area contributed by atoms with Gasteiger partial charge in [0.15, 0.2) is 0 Å². The molecule has 1 aromatic rings. The van der Waals surface area contributed by atoms with Crippen molar-refractivity contribution in [2.24, 2.45) is 13.0 Å². The Morgan fingerprint density at radius 1 is 1.62 bits per heavy atom. The van der Waals surface area contributed by atoms with Gasteiger partial charge in [-0.3, -0.25) is 4.68 Å². The van der Waals surface area contributed by atoms with Gasteiger partial charge in [0, 0.05) is 13.5 Å². The topological polar surface area (TPSA) is 38.0 Å². The lowest BCUT2D eigenvalue weighted by molar-refractivity contribution is 0.00780. The Hall–Kier alpha value is -0.350. The van der Waals surface area contributed by atoms with Crippen LogP contribution in [-0.4, -0.2) is 20.5 Å². The Bertz CT molecular complexity index is 402. The molecule has 0 aromatic carbocycles. The molecule has 4 heteroatoms. The van der Waals surface area contributed by atoms with E-state index in [2.05, 4.69) is 28.0 Å². The van der Waals surface area contributed by atoms with Crippen LogP contribution in [-0.2, 0) is 13.5 Å². The number of rotatable bonds is 2. The van der Waals surface area contributed by atoms with Crippen LogP contribution in [0.2, 0.25) is 0 Å². The first-order chi connectivity index (χ1) is 7.44. The van der Waals surface area contributed by atoms with Crippen LogP contribution < -0.4 is 0 Å². The predicted molar refractivity (Wildman–Crippen MR) is 67.3 cm³/mol. The molecular formula is C12H19BrN2O. The fourth-order valence-electron chi connectivity index (χ4n) is 2.65. The molecule has 0 spiro atoms. The van der Waals surface area contributed by atoms with Gasteiger partial charge in [0.25, 0.3) is 0 Å². The molecule has 2 rings (SSSR count). The highest BCUT2D eigenvalue weighted by Crippen LogP contribution is 2.39. The van der Waals surface area contributed by atoms with Crippen molar-refractivity contribution >= 4 is 15.9 Å². The Kier molecular flexibility index (Phi) is 3.14. The number of nitrogens with zero attached hydrogens (tertiary/aromatic N) is 2. The van der Waals surface area contributed by atoms with Crippen LogP contribution in [0, 0.1) is 12.8 Å². The van der Waals surface area contributed by atoms with Crippen molar-refractivity contribution in [1.29, 1.82) is 0 Å². The largest absolute Gasteiger partial charge is 0.389 e. The summed E-state index contributed by atoms with van der Waals surface area (Å²) in [6, 6.07) is 0. The maximum absolute atomic E-state index is 10.6. The van der Waals surface area contributed by atoms with E-state index < -0.39 is 5.60 Å². The average molecular weight is 287 g/mol. The van der Waals surface area contributed by atoms with Crippen molar-refractivity contribution in [3.8, 4) is 0 Å². The Morgan fingerprint density at radius 3 is 2.75 bits per heavy atom. The summed E-state index contributed by atoms with van der Waals surface area (Å²) in [7, 11) is 1.94. The molecule has 0 saturated heterocycles. The highest BCUT2D eigenvalue weighted by Gasteiger charge is 2.39. The fraction of sp³-hybridized carbons (Fsp3) is 0.750. The van der Waals surface area contributed by atoms with Crippen LogP contribution in [0.25, 0.3) is 0 Å². The predicted octanol–water partition coefficient (Wildman–Crippen LogP) is 2.58. The SMILES string of the molecule is Cc1nn(C)c(CC2(O)CCCC2C)c1Br. The van der Waals surface area contributed by atoms with Gasteiger partial charge < -0.3 is 5.11 Å². The second-order valence-electron chi connectivity index (χ2n) is 5.04. The molecule has 3 nitrogen and oxygen atoms in total. The summed E-state index contributed by atoms with van der Waals surface area (Å²) in [4.78, 5) is 0. The first kappa shape index (κ1) is 12.1. The van der Waals surface area contributed by atoms with E-state index in [-0.39, 0.29) is 0 Å². The molecule has 0 aliphatic heterocycles. The first-order valence-electron chi connectivity index (χ1n) is 5.84. The zero-order valence-corrected chi connectivity index (χ0v) is 11.7. The summed E-state index contributed by atoms with van der Waals surface area (Å²) in [6.45, 7) is 4.12. The third-order valence-electron chi connectivity index (χ3n) is 3.90. The van der Waals surface area contributed by atoms with Crippen LogP contribution in [0.5, 0.6) is 0 Å². The van der Waals surface area contributed by atoms with Gasteiger partial charge in [-0.15, -0.1) is 0 Å². The van der Waals surface area contributed by atoms with Crippen molar-refractivity contribution in [2.75, 3.05) is 0 Å². The lowest BCUT2D eigenvalue weighted by Crippen LogP contribution is -2.35. The molecule has 1 fully saturated rings. The van der Waals surface area contributed by atoms with Crippen molar-refractivity contribution in [3.05, 3.63) is 15.9 Å². The van der Waals surface area contributed by atoms with Crippen LogP contribution in [0.3, 0.4) is 0 Å². The molecule has 1 heterocycles. The summed E-state index contributed by atoms with van der Waals surface area (Å²) in [5, 5.41) is 15.0. The van der Waals surface area contributed by atoms with Crippen LogP contribution in [0.1, 0.15) is 37.6 Å². The zero-order valence-electron chi connectivity index (χ0n) is 10.1. The zero-order chi connectivity index (χ0) is 11.9. The second-order valence-corrected chi connectivity index (χ2v) is 5.84. The minimum Gasteiger partial charge on any atom is -0.389 e. The van der Waals surface area contributed by atoms with Gasteiger partial charge in [0.1, 0.15) is 0 Å². The molecule has 2 atom stereocenters. The highest BCUT2D eigenvalue weighted by atomic mass is 79.9. The Labute approximate surface area is 105 Å². The minimum absolute atomic E-state index is 0.384. The molecule has 1 N–H and O–H groups in total. The number of hydrogen-bond donors (Lipinski definition) is 1. The maximum Gasteiger partial charge on any atom is 0.0738 e. The lowest BCUT2D eigenvalue weighted by atomic mass is 9.88. The number of aliphatic hydroxyl groups is 1. The maximum atomic E-state index is 10.6. The van der Waals surface area contributed by atoms with E-state index in [1.165, 1.54) is 0 Å². The van der Waals surface area contributed by atoms with E-state index in [4.69, 9.17) is 0 Å². The molecule has 1 aromatic heterocycles. The van der Waals surface area contributed by atoms with Gasteiger partial charge >= 0.3 is 0 Å². The molecule has 90 valence electrons. The van der Waals surface area contributed by atoms with Crippen molar-refractivity contribution in [2.45, 2.75) is 45.1 Å². The van der Waals surface area contributed by atoms with Gasteiger partial charge in [0.05, 0.1) is 21.5 Å². The number of halogens is 1. The summed E-state index contributed by atoms with van der Waals surface area (Å²) >= 11 is 3.56. The normalized spacial score (nSPS) is 29.9. The molecular weight excluding hydrogens is 268 g/mol. The first-order valence-corrected chi connectivity index (χ1v) is 6.63. The van der Waals surface area contributed by atoms with Gasteiger partial charge in [-0.1, -0.05) is 13.3 Å². The number of hydrogen-bond acceptors (Lipinski definition) is 2. The molecule has 2 unspecified atom stereocenters. The standard InChI is InChI=1S/C12H19BrN2O/c1-8-5-4-6-12(8,16)7-10-11(13)9(2)14-15(10)3/h8,16H,4-7H2,1-3H3. The molecule has 1 saturated carbocycles. The lowest BCUT2D eigenvalue weighted by Gasteiger charge is -2.27. The summed E-state index contributed by atoms with van der Waals surface area (Å²) in [5.41, 5.74) is 1.56. The molecule has 0 amide bonds. The third-order valence-corrected chi connectivity index (χ3v) is 4.93. The van der Waals surface area contributed by atoms with Crippen molar-refractivity contribution in [3.63, 3.8) is 0 Å². The van der Waals surface area contributed by atoms with E-state index in [1.54, 1.807) is 0 Å². The fourth-order valence-corrected chi connectivity index (χ4v) is 3.13.